The zero-order valence-electron chi connectivity index (χ0n) is 10.1. The summed E-state index contributed by atoms with van der Waals surface area (Å²) in [6.45, 7) is 8.76. The first-order chi connectivity index (χ1) is 7.53. The summed E-state index contributed by atoms with van der Waals surface area (Å²) in [5.74, 6) is -0.404. The summed E-state index contributed by atoms with van der Waals surface area (Å²) < 4.78 is 5.29. The van der Waals surface area contributed by atoms with Crippen molar-refractivity contribution in [2.45, 2.75) is 20.3 Å². The molecule has 1 saturated carbocycles. The first kappa shape index (κ1) is 11.9. The number of morpholine rings is 1. The molecule has 0 aromatic heterocycles. The van der Waals surface area contributed by atoms with Crippen LogP contribution in [-0.2, 0) is 9.53 Å². The van der Waals surface area contributed by atoms with Crippen LogP contribution in [0, 0.1) is 17.3 Å². The molecule has 1 N–H and O–H groups in total. The third-order valence-electron chi connectivity index (χ3n) is 4.18. The normalized spacial score (nSPS) is 33.6. The Morgan fingerprint density at radius 2 is 2.06 bits per heavy atom. The van der Waals surface area contributed by atoms with Crippen LogP contribution in [0.3, 0.4) is 0 Å². The molecule has 2 fully saturated rings. The summed E-state index contributed by atoms with van der Waals surface area (Å²) in [6.07, 6.45) is 1.00. The fraction of sp³-hybridized carbons (Fsp3) is 0.917. The van der Waals surface area contributed by atoms with Crippen molar-refractivity contribution >= 4 is 5.97 Å². The molecule has 1 saturated heterocycles. The van der Waals surface area contributed by atoms with Gasteiger partial charge in [0, 0.05) is 13.1 Å². The van der Waals surface area contributed by atoms with E-state index in [1.165, 1.54) is 0 Å². The molecule has 1 aliphatic heterocycles. The second kappa shape index (κ2) is 4.34. The van der Waals surface area contributed by atoms with Gasteiger partial charge in [-0.3, -0.25) is 9.69 Å². The molecular formula is C12H21NO3. The van der Waals surface area contributed by atoms with E-state index in [1.807, 2.05) is 0 Å². The highest BCUT2D eigenvalue weighted by atomic mass is 16.5. The van der Waals surface area contributed by atoms with E-state index < -0.39 is 5.97 Å². The lowest BCUT2D eigenvalue weighted by molar-refractivity contribution is -0.139. The molecular weight excluding hydrogens is 206 g/mol. The largest absolute Gasteiger partial charge is 0.481 e. The Morgan fingerprint density at radius 1 is 1.44 bits per heavy atom. The van der Waals surface area contributed by atoms with Crippen LogP contribution in [0.4, 0.5) is 0 Å². The third-order valence-corrected chi connectivity index (χ3v) is 4.18. The molecule has 0 aromatic rings. The SMILES string of the molecule is CC1(C)[C@@H](CCN2CCOCC2)[C@@H]1C(=O)O. The highest BCUT2D eigenvalue weighted by Gasteiger charge is 2.61. The number of hydrogen-bond acceptors (Lipinski definition) is 3. The van der Waals surface area contributed by atoms with Crippen molar-refractivity contribution in [1.29, 1.82) is 0 Å². The van der Waals surface area contributed by atoms with E-state index in [1.54, 1.807) is 0 Å². The van der Waals surface area contributed by atoms with E-state index >= 15 is 0 Å². The lowest BCUT2D eigenvalue weighted by Crippen LogP contribution is -2.37. The van der Waals surface area contributed by atoms with Gasteiger partial charge in [0.15, 0.2) is 0 Å². The first-order valence-corrected chi connectivity index (χ1v) is 6.06. The predicted octanol–water partition coefficient (Wildman–Crippen LogP) is 1.07. The van der Waals surface area contributed by atoms with Gasteiger partial charge in [-0.1, -0.05) is 13.8 Å². The highest BCUT2D eigenvalue weighted by Crippen LogP contribution is 2.59. The van der Waals surface area contributed by atoms with Crippen LogP contribution in [0.2, 0.25) is 0 Å². The van der Waals surface area contributed by atoms with Crippen LogP contribution in [0.15, 0.2) is 0 Å². The maximum Gasteiger partial charge on any atom is 0.307 e. The van der Waals surface area contributed by atoms with E-state index in [0.717, 1.165) is 39.3 Å². The Hall–Kier alpha value is -0.610. The van der Waals surface area contributed by atoms with Gasteiger partial charge in [0.05, 0.1) is 19.1 Å². The fourth-order valence-corrected chi connectivity index (χ4v) is 2.92. The van der Waals surface area contributed by atoms with Gasteiger partial charge in [0.25, 0.3) is 0 Å². The summed E-state index contributed by atoms with van der Waals surface area (Å²) in [5, 5.41) is 9.06. The summed E-state index contributed by atoms with van der Waals surface area (Å²) in [6, 6.07) is 0. The number of aliphatic carboxylic acids is 1. The Morgan fingerprint density at radius 3 is 2.56 bits per heavy atom. The van der Waals surface area contributed by atoms with Crippen LogP contribution >= 0.6 is 0 Å². The molecule has 0 aromatic carbocycles. The Labute approximate surface area is 96.6 Å². The minimum atomic E-state index is -0.628. The number of carbonyl (C=O) groups is 1. The molecule has 0 bridgehead atoms. The monoisotopic (exact) mass is 227 g/mol. The number of carboxylic acids is 1. The molecule has 2 aliphatic rings. The molecule has 92 valence electrons. The second-order valence-corrected chi connectivity index (χ2v) is 5.49. The van der Waals surface area contributed by atoms with Crippen LogP contribution in [0.25, 0.3) is 0 Å². The molecule has 16 heavy (non-hydrogen) atoms. The van der Waals surface area contributed by atoms with Crippen molar-refractivity contribution < 1.29 is 14.6 Å². The van der Waals surface area contributed by atoms with E-state index in [0.29, 0.717) is 5.92 Å². The third kappa shape index (κ3) is 2.23. The van der Waals surface area contributed by atoms with Gasteiger partial charge >= 0.3 is 5.97 Å². The Balaban J connectivity index is 1.76. The predicted molar refractivity (Wildman–Crippen MR) is 60.3 cm³/mol. The summed E-state index contributed by atoms with van der Waals surface area (Å²) in [5.41, 5.74) is -0.00186. The molecule has 1 heterocycles. The Bertz CT molecular complexity index is 271. The van der Waals surface area contributed by atoms with Gasteiger partial charge in [0.1, 0.15) is 0 Å². The fourth-order valence-electron chi connectivity index (χ4n) is 2.92. The van der Waals surface area contributed by atoms with Gasteiger partial charge in [-0.15, -0.1) is 0 Å². The molecule has 0 spiro atoms. The zero-order chi connectivity index (χ0) is 11.8. The maximum atomic E-state index is 11.0. The molecule has 0 radical (unpaired) electrons. The maximum absolute atomic E-state index is 11.0. The lowest BCUT2D eigenvalue weighted by Gasteiger charge is -2.26. The second-order valence-electron chi connectivity index (χ2n) is 5.49. The van der Waals surface area contributed by atoms with Crippen LogP contribution < -0.4 is 0 Å². The van der Waals surface area contributed by atoms with Crippen molar-refractivity contribution in [3.63, 3.8) is 0 Å². The molecule has 0 unspecified atom stereocenters. The quantitative estimate of drug-likeness (QED) is 0.780. The summed E-state index contributed by atoms with van der Waals surface area (Å²) in [4.78, 5) is 13.4. The number of carboxylic acid groups (broad SMARTS) is 1. The van der Waals surface area contributed by atoms with Crippen LogP contribution in [-0.4, -0.2) is 48.8 Å². The smallest absolute Gasteiger partial charge is 0.307 e. The lowest BCUT2D eigenvalue weighted by atomic mass is 10.1. The van der Waals surface area contributed by atoms with E-state index in [9.17, 15) is 4.79 Å². The molecule has 2 rings (SSSR count). The number of ether oxygens (including phenoxy) is 1. The van der Waals surface area contributed by atoms with Gasteiger partial charge in [-0.05, 0) is 24.3 Å². The molecule has 0 amide bonds. The van der Waals surface area contributed by atoms with Gasteiger partial charge < -0.3 is 9.84 Å². The molecule has 2 atom stereocenters. The van der Waals surface area contributed by atoms with E-state index in [-0.39, 0.29) is 11.3 Å². The standard InChI is InChI=1S/C12H21NO3/c1-12(2)9(10(12)11(14)15)3-4-13-5-7-16-8-6-13/h9-10H,3-8H2,1-2H3,(H,14,15)/t9-,10+/m0/s1. The van der Waals surface area contributed by atoms with Crippen molar-refractivity contribution in [3.8, 4) is 0 Å². The van der Waals surface area contributed by atoms with Crippen molar-refractivity contribution in [1.82, 2.24) is 4.90 Å². The molecule has 4 heteroatoms. The average molecular weight is 227 g/mol. The van der Waals surface area contributed by atoms with Crippen LogP contribution in [0.1, 0.15) is 20.3 Å². The minimum absolute atomic E-state index is 0.00186. The van der Waals surface area contributed by atoms with E-state index in [2.05, 4.69) is 18.7 Å². The summed E-state index contributed by atoms with van der Waals surface area (Å²) in [7, 11) is 0. The Kier molecular flexibility index (Phi) is 3.22. The van der Waals surface area contributed by atoms with Crippen molar-refractivity contribution in [2.75, 3.05) is 32.8 Å². The zero-order valence-corrected chi connectivity index (χ0v) is 10.1. The van der Waals surface area contributed by atoms with Crippen molar-refractivity contribution in [3.05, 3.63) is 0 Å². The average Bonchev–Trinajstić information content (AvgIpc) is 2.79. The van der Waals surface area contributed by atoms with Gasteiger partial charge in [-0.25, -0.2) is 0 Å². The number of nitrogens with zero attached hydrogens (tertiary/aromatic N) is 1. The van der Waals surface area contributed by atoms with Gasteiger partial charge in [0.2, 0.25) is 0 Å². The molecule has 1 aliphatic carbocycles. The highest BCUT2D eigenvalue weighted by molar-refractivity contribution is 5.75. The minimum Gasteiger partial charge on any atom is -0.481 e. The van der Waals surface area contributed by atoms with Gasteiger partial charge in [-0.2, -0.15) is 0 Å². The van der Waals surface area contributed by atoms with Crippen molar-refractivity contribution in [2.24, 2.45) is 17.3 Å². The first-order valence-electron chi connectivity index (χ1n) is 6.06. The van der Waals surface area contributed by atoms with E-state index in [4.69, 9.17) is 9.84 Å². The summed E-state index contributed by atoms with van der Waals surface area (Å²) >= 11 is 0. The molecule has 4 nitrogen and oxygen atoms in total. The number of hydrogen-bond donors (Lipinski definition) is 1. The topological polar surface area (TPSA) is 49.8 Å². The number of rotatable bonds is 4. The van der Waals surface area contributed by atoms with Crippen LogP contribution in [0.5, 0.6) is 0 Å².